The highest BCUT2D eigenvalue weighted by Crippen LogP contribution is 2.70. The molecule has 1 aliphatic heterocycles. The molecule has 0 spiro atoms. The van der Waals surface area contributed by atoms with Gasteiger partial charge >= 0.3 is 0 Å². The zero-order chi connectivity index (χ0) is 26.6. The summed E-state index contributed by atoms with van der Waals surface area (Å²) in [5.41, 5.74) is 4.44. The summed E-state index contributed by atoms with van der Waals surface area (Å²) in [6.07, 6.45) is 1.13. The van der Waals surface area contributed by atoms with Crippen molar-refractivity contribution in [2.45, 2.75) is 29.9 Å². The number of pyridine rings is 1. The maximum absolute atomic E-state index is 15.0. The molecular weight excluding hydrogens is 496 g/mol. The van der Waals surface area contributed by atoms with Gasteiger partial charge in [0.15, 0.2) is 0 Å². The molecule has 200 valence electrons. The van der Waals surface area contributed by atoms with E-state index in [9.17, 15) is 13.9 Å². The summed E-state index contributed by atoms with van der Waals surface area (Å²) < 4.78 is 35.9. The van der Waals surface area contributed by atoms with Crippen molar-refractivity contribution in [3.05, 3.63) is 107 Å². The second-order valence-corrected chi connectivity index (χ2v) is 10.9. The number of aliphatic hydroxyl groups excluding tert-OH is 1. The first-order valence-corrected chi connectivity index (χ1v) is 13.7. The Hall–Kier alpha value is -3.39. The molecule has 0 radical (unpaired) electrons. The lowest BCUT2D eigenvalue weighted by atomic mass is 9.90. The molecule has 3 aliphatic rings. The van der Waals surface area contributed by atoms with E-state index in [0.717, 1.165) is 65.1 Å². The van der Waals surface area contributed by atoms with Crippen LogP contribution < -0.4 is 4.74 Å². The first-order chi connectivity index (χ1) is 19.0. The predicted molar refractivity (Wildman–Crippen MR) is 146 cm³/mol. The van der Waals surface area contributed by atoms with E-state index in [4.69, 9.17) is 4.74 Å². The molecule has 2 fully saturated rings. The molecule has 0 amide bonds. The maximum Gasteiger partial charge on any atom is 0.263 e. The van der Waals surface area contributed by atoms with Gasteiger partial charge < -0.3 is 9.84 Å². The van der Waals surface area contributed by atoms with Crippen LogP contribution in [0.2, 0.25) is 0 Å². The summed E-state index contributed by atoms with van der Waals surface area (Å²) in [4.78, 5) is 9.04. The largest absolute Gasteiger partial charge is 0.490 e. The van der Waals surface area contributed by atoms with Crippen molar-refractivity contribution >= 4 is 10.9 Å². The van der Waals surface area contributed by atoms with E-state index < -0.39 is 23.9 Å². The standard InChI is InChI=1S/C32H31F2N3O2/c33-32(34)29-22-7-1-3-9-24(22)31(25-10-4-2-8-23(25)30(29)32)37-17-15-36(16-18-37)19-21(38)20-39-28-13-5-12-27-26(28)11-6-14-35-27/h1-14,21,29-31,38H,15-20H2/t21-,29+,30+/m0/s1. The molecule has 3 aromatic carbocycles. The van der Waals surface area contributed by atoms with Crippen LogP contribution in [0.25, 0.3) is 10.9 Å². The minimum atomic E-state index is -2.70. The van der Waals surface area contributed by atoms with E-state index in [1.165, 1.54) is 0 Å². The number of aliphatic hydroxyl groups is 1. The van der Waals surface area contributed by atoms with Gasteiger partial charge in [0.05, 0.1) is 23.4 Å². The van der Waals surface area contributed by atoms with E-state index in [1.807, 2.05) is 78.9 Å². The second kappa shape index (κ2) is 9.66. The Morgan fingerprint density at radius 1 is 0.821 bits per heavy atom. The highest BCUT2D eigenvalue weighted by molar-refractivity contribution is 5.84. The van der Waals surface area contributed by atoms with Gasteiger partial charge in [-0.2, -0.15) is 0 Å². The number of aromatic nitrogens is 1. The lowest BCUT2D eigenvalue weighted by Crippen LogP contribution is -2.50. The highest BCUT2D eigenvalue weighted by atomic mass is 19.3. The number of fused-ring (bicyclic) bond motifs is 6. The zero-order valence-corrected chi connectivity index (χ0v) is 21.6. The van der Waals surface area contributed by atoms with Gasteiger partial charge in [0, 0.05) is 44.3 Å². The van der Waals surface area contributed by atoms with Gasteiger partial charge in [0.25, 0.3) is 5.92 Å². The van der Waals surface area contributed by atoms with Gasteiger partial charge in [0.2, 0.25) is 0 Å². The fourth-order valence-electron chi connectivity index (χ4n) is 6.69. The average molecular weight is 528 g/mol. The van der Waals surface area contributed by atoms with Crippen molar-refractivity contribution < 1.29 is 18.6 Å². The van der Waals surface area contributed by atoms with E-state index in [-0.39, 0.29) is 12.6 Å². The first-order valence-electron chi connectivity index (χ1n) is 13.7. The van der Waals surface area contributed by atoms with Gasteiger partial charge in [-0.15, -0.1) is 0 Å². The molecule has 7 rings (SSSR count). The van der Waals surface area contributed by atoms with Gasteiger partial charge in [0.1, 0.15) is 18.5 Å². The first kappa shape index (κ1) is 24.6. The normalized spacial score (nSPS) is 23.4. The number of β-amino-alcohol motifs (C(OH)–C–C–N with tert-alkyl or cyclic N) is 1. The summed E-state index contributed by atoms with van der Waals surface area (Å²) in [5.74, 6) is -3.46. The van der Waals surface area contributed by atoms with Crippen LogP contribution in [-0.4, -0.2) is 71.2 Å². The number of benzene rings is 3. The minimum Gasteiger partial charge on any atom is -0.490 e. The van der Waals surface area contributed by atoms with Crippen molar-refractivity contribution in [3.8, 4) is 5.75 Å². The minimum absolute atomic E-state index is 0.0450. The number of rotatable bonds is 6. The number of nitrogens with zero attached hydrogens (tertiary/aromatic N) is 3. The summed E-state index contributed by atoms with van der Waals surface area (Å²) in [5, 5.41) is 11.7. The van der Waals surface area contributed by atoms with Crippen LogP contribution in [0, 0.1) is 0 Å². The smallest absolute Gasteiger partial charge is 0.263 e. The number of halogens is 2. The Morgan fingerprint density at radius 2 is 1.46 bits per heavy atom. The van der Waals surface area contributed by atoms with Crippen molar-refractivity contribution in [1.29, 1.82) is 0 Å². The average Bonchev–Trinajstić information content (AvgIpc) is 3.58. The third-order valence-corrected chi connectivity index (χ3v) is 8.58. The SMILES string of the molecule is O[C@H](COc1cccc2ncccc12)CN1CCN(C2c3ccccc3[C@@H]3[C@@H](c4ccccc42)C3(F)F)CC1. The quantitative estimate of drug-likeness (QED) is 0.373. The summed E-state index contributed by atoms with van der Waals surface area (Å²) in [6, 6.07) is 25.1. The van der Waals surface area contributed by atoms with Gasteiger partial charge in [-0.05, 0) is 46.5 Å². The van der Waals surface area contributed by atoms with Crippen LogP contribution in [0.4, 0.5) is 8.78 Å². The highest BCUT2D eigenvalue weighted by Gasteiger charge is 2.71. The lowest BCUT2D eigenvalue weighted by molar-refractivity contribution is 0.0400. The molecule has 0 unspecified atom stereocenters. The van der Waals surface area contributed by atoms with Gasteiger partial charge in [-0.3, -0.25) is 14.8 Å². The molecule has 2 aliphatic carbocycles. The third kappa shape index (κ3) is 4.29. The van der Waals surface area contributed by atoms with E-state index in [1.54, 1.807) is 6.20 Å². The maximum atomic E-state index is 15.0. The Balaban J connectivity index is 1.04. The van der Waals surface area contributed by atoms with Crippen LogP contribution in [0.3, 0.4) is 0 Å². The molecule has 2 heterocycles. The molecule has 4 aromatic rings. The molecule has 5 nitrogen and oxygen atoms in total. The topological polar surface area (TPSA) is 48.8 Å². The van der Waals surface area contributed by atoms with Crippen LogP contribution in [0.15, 0.2) is 85.1 Å². The van der Waals surface area contributed by atoms with Gasteiger partial charge in [-0.25, -0.2) is 8.78 Å². The van der Waals surface area contributed by atoms with Crippen molar-refractivity contribution in [2.75, 3.05) is 39.3 Å². The van der Waals surface area contributed by atoms with E-state index in [0.29, 0.717) is 6.54 Å². The number of hydrogen-bond donors (Lipinski definition) is 1. The molecule has 1 saturated heterocycles. The fraction of sp³-hybridized carbons (Fsp3) is 0.344. The monoisotopic (exact) mass is 527 g/mol. The number of ether oxygens (including phenoxy) is 1. The number of alkyl halides is 2. The predicted octanol–water partition coefficient (Wildman–Crippen LogP) is 5.21. The summed E-state index contributed by atoms with van der Waals surface area (Å²) >= 11 is 0. The molecule has 3 atom stereocenters. The van der Waals surface area contributed by atoms with Crippen LogP contribution in [0.1, 0.15) is 40.1 Å². The van der Waals surface area contributed by atoms with Crippen LogP contribution in [-0.2, 0) is 0 Å². The van der Waals surface area contributed by atoms with E-state index in [2.05, 4.69) is 14.8 Å². The molecule has 39 heavy (non-hydrogen) atoms. The zero-order valence-electron chi connectivity index (χ0n) is 21.6. The van der Waals surface area contributed by atoms with E-state index >= 15 is 0 Å². The molecule has 0 bridgehead atoms. The summed E-state index contributed by atoms with van der Waals surface area (Å²) in [7, 11) is 0. The number of hydrogen-bond acceptors (Lipinski definition) is 5. The molecular formula is C32H31F2N3O2. The van der Waals surface area contributed by atoms with Crippen molar-refractivity contribution in [3.63, 3.8) is 0 Å². The van der Waals surface area contributed by atoms with Gasteiger partial charge in [-0.1, -0.05) is 54.6 Å². The lowest BCUT2D eigenvalue weighted by Gasteiger charge is -2.41. The molecule has 1 saturated carbocycles. The Morgan fingerprint density at radius 3 is 2.13 bits per heavy atom. The van der Waals surface area contributed by atoms with Crippen molar-refractivity contribution in [1.82, 2.24) is 14.8 Å². The third-order valence-electron chi connectivity index (χ3n) is 8.58. The second-order valence-electron chi connectivity index (χ2n) is 10.9. The number of piperazine rings is 1. The Labute approximate surface area is 226 Å². The molecule has 1 N–H and O–H groups in total. The Bertz CT molecular complexity index is 1440. The Kier molecular flexibility index (Phi) is 6.10. The molecule has 1 aromatic heterocycles. The summed E-state index contributed by atoms with van der Waals surface area (Å²) in [6.45, 7) is 3.89. The van der Waals surface area contributed by atoms with Crippen LogP contribution >= 0.6 is 0 Å². The molecule has 7 heteroatoms. The fourth-order valence-corrected chi connectivity index (χ4v) is 6.69. The van der Waals surface area contributed by atoms with Crippen molar-refractivity contribution in [2.24, 2.45) is 0 Å². The van der Waals surface area contributed by atoms with Crippen LogP contribution in [0.5, 0.6) is 5.75 Å².